The molecule has 1 N–H and O–H groups in total. The number of rotatable bonds is 4. The third kappa shape index (κ3) is 4.32. The number of likely N-dealkylation sites (tertiary alicyclic amines) is 1. The molecule has 4 heteroatoms. The van der Waals surface area contributed by atoms with Crippen molar-refractivity contribution in [3.63, 3.8) is 0 Å². The zero-order valence-corrected chi connectivity index (χ0v) is 12.9. The van der Waals surface area contributed by atoms with Gasteiger partial charge in [-0.1, -0.05) is 19.9 Å². The Balaban J connectivity index is 1.81. The highest BCUT2D eigenvalue weighted by Crippen LogP contribution is 2.21. The fourth-order valence-electron chi connectivity index (χ4n) is 3.02. The van der Waals surface area contributed by atoms with E-state index < -0.39 is 0 Å². The van der Waals surface area contributed by atoms with Gasteiger partial charge in [-0.3, -0.25) is 9.69 Å². The first-order valence-electron chi connectivity index (χ1n) is 7.09. The summed E-state index contributed by atoms with van der Waals surface area (Å²) in [6, 6.07) is 4.21. The summed E-state index contributed by atoms with van der Waals surface area (Å²) < 4.78 is 0. The van der Waals surface area contributed by atoms with Crippen LogP contribution in [0.4, 0.5) is 0 Å². The van der Waals surface area contributed by atoms with Crippen molar-refractivity contribution in [1.82, 2.24) is 10.2 Å². The van der Waals surface area contributed by atoms with Crippen molar-refractivity contribution < 1.29 is 4.79 Å². The summed E-state index contributed by atoms with van der Waals surface area (Å²) in [5.74, 6) is 1.54. The van der Waals surface area contributed by atoms with Gasteiger partial charge in [-0.25, -0.2) is 0 Å². The van der Waals surface area contributed by atoms with Crippen LogP contribution in [0.2, 0.25) is 0 Å². The maximum Gasteiger partial charge on any atom is 0.234 e. The molecule has 1 fully saturated rings. The molecule has 3 atom stereocenters. The zero-order chi connectivity index (χ0) is 13.8. The van der Waals surface area contributed by atoms with Crippen molar-refractivity contribution in [2.45, 2.75) is 33.2 Å². The van der Waals surface area contributed by atoms with Crippen LogP contribution in [0.1, 0.15) is 38.1 Å². The van der Waals surface area contributed by atoms with Crippen LogP contribution in [0.15, 0.2) is 17.5 Å². The lowest BCUT2D eigenvalue weighted by Crippen LogP contribution is -2.44. The molecule has 0 aromatic carbocycles. The van der Waals surface area contributed by atoms with Crippen LogP contribution in [0.25, 0.3) is 0 Å². The van der Waals surface area contributed by atoms with Gasteiger partial charge in [-0.2, -0.15) is 0 Å². The summed E-state index contributed by atoms with van der Waals surface area (Å²) in [4.78, 5) is 15.6. The Kier molecular flexibility index (Phi) is 4.99. The molecule has 0 radical (unpaired) electrons. The van der Waals surface area contributed by atoms with Gasteiger partial charge >= 0.3 is 0 Å². The monoisotopic (exact) mass is 280 g/mol. The highest BCUT2D eigenvalue weighted by molar-refractivity contribution is 7.10. The number of amides is 1. The molecule has 1 aliphatic heterocycles. The van der Waals surface area contributed by atoms with E-state index in [0.29, 0.717) is 18.4 Å². The van der Waals surface area contributed by atoms with E-state index in [1.807, 2.05) is 18.4 Å². The number of hydrogen-bond donors (Lipinski definition) is 1. The molecule has 1 amide bonds. The normalized spacial score (nSPS) is 26.1. The van der Waals surface area contributed by atoms with Crippen molar-refractivity contribution in [2.24, 2.45) is 11.8 Å². The summed E-state index contributed by atoms with van der Waals surface area (Å²) in [6.45, 7) is 9.22. The Morgan fingerprint density at radius 2 is 2.16 bits per heavy atom. The number of hydrogen-bond acceptors (Lipinski definition) is 3. The SMILES string of the molecule is C[C@@H]1C[C@@H](C)CN(CC(=O)N[C@H](C)c2cccs2)C1. The Hall–Kier alpha value is -0.870. The molecule has 1 aromatic heterocycles. The van der Waals surface area contributed by atoms with E-state index in [2.05, 4.69) is 30.1 Å². The molecular weight excluding hydrogens is 256 g/mol. The van der Waals surface area contributed by atoms with Crippen LogP contribution in [-0.4, -0.2) is 30.4 Å². The molecule has 19 heavy (non-hydrogen) atoms. The first-order valence-corrected chi connectivity index (χ1v) is 7.97. The lowest BCUT2D eigenvalue weighted by molar-refractivity contribution is -0.123. The second kappa shape index (κ2) is 6.53. The van der Waals surface area contributed by atoms with E-state index in [-0.39, 0.29) is 11.9 Å². The van der Waals surface area contributed by atoms with Crippen LogP contribution in [0.3, 0.4) is 0 Å². The molecule has 2 heterocycles. The third-order valence-corrected chi connectivity index (χ3v) is 4.71. The van der Waals surface area contributed by atoms with Crippen LogP contribution in [-0.2, 0) is 4.79 Å². The lowest BCUT2D eigenvalue weighted by atomic mass is 9.92. The molecule has 2 rings (SSSR count). The molecule has 1 aromatic rings. The van der Waals surface area contributed by atoms with Gasteiger partial charge in [-0.15, -0.1) is 11.3 Å². The molecule has 0 bridgehead atoms. The fourth-order valence-corrected chi connectivity index (χ4v) is 3.75. The maximum atomic E-state index is 12.1. The molecule has 0 unspecified atom stereocenters. The predicted molar refractivity (Wildman–Crippen MR) is 80.3 cm³/mol. The minimum absolute atomic E-state index is 0.118. The predicted octanol–water partition coefficient (Wildman–Crippen LogP) is 2.90. The quantitative estimate of drug-likeness (QED) is 0.920. The summed E-state index contributed by atoms with van der Waals surface area (Å²) in [7, 11) is 0. The Morgan fingerprint density at radius 3 is 2.74 bits per heavy atom. The molecule has 0 saturated carbocycles. The molecule has 106 valence electrons. The highest BCUT2D eigenvalue weighted by atomic mass is 32.1. The van der Waals surface area contributed by atoms with Crippen molar-refractivity contribution in [3.05, 3.63) is 22.4 Å². The largest absolute Gasteiger partial charge is 0.348 e. The van der Waals surface area contributed by atoms with Gasteiger partial charge in [0.05, 0.1) is 12.6 Å². The average Bonchev–Trinajstić information content (AvgIpc) is 2.80. The topological polar surface area (TPSA) is 32.3 Å². The van der Waals surface area contributed by atoms with Gasteiger partial charge < -0.3 is 5.32 Å². The smallest absolute Gasteiger partial charge is 0.234 e. The molecular formula is C15H24N2OS. The van der Waals surface area contributed by atoms with Gasteiger partial charge in [-0.05, 0) is 36.6 Å². The van der Waals surface area contributed by atoms with Crippen molar-refractivity contribution in [3.8, 4) is 0 Å². The second-order valence-corrected chi connectivity index (χ2v) is 6.92. The van der Waals surface area contributed by atoms with E-state index in [1.54, 1.807) is 11.3 Å². The van der Waals surface area contributed by atoms with Gasteiger partial charge in [0, 0.05) is 18.0 Å². The Morgan fingerprint density at radius 1 is 1.47 bits per heavy atom. The zero-order valence-electron chi connectivity index (χ0n) is 12.1. The van der Waals surface area contributed by atoms with E-state index in [9.17, 15) is 4.79 Å². The average molecular weight is 280 g/mol. The first-order chi connectivity index (χ1) is 9.04. The molecule has 3 nitrogen and oxygen atoms in total. The number of nitrogens with one attached hydrogen (secondary N) is 1. The van der Waals surface area contributed by atoms with Gasteiger partial charge in [0.25, 0.3) is 0 Å². The van der Waals surface area contributed by atoms with Crippen LogP contribution in [0, 0.1) is 11.8 Å². The van der Waals surface area contributed by atoms with E-state index in [0.717, 1.165) is 13.1 Å². The van der Waals surface area contributed by atoms with Crippen molar-refractivity contribution in [1.29, 1.82) is 0 Å². The number of carbonyl (C=O) groups is 1. The van der Waals surface area contributed by atoms with Crippen LogP contribution < -0.4 is 5.32 Å². The summed E-state index contributed by atoms with van der Waals surface area (Å²) >= 11 is 1.69. The van der Waals surface area contributed by atoms with Crippen LogP contribution in [0.5, 0.6) is 0 Å². The summed E-state index contributed by atoms with van der Waals surface area (Å²) in [5.41, 5.74) is 0. The number of piperidine rings is 1. The van der Waals surface area contributed by atoms with Gasteiger partial charge in [0.2, 0.25) is 5.91 Å². The number of nitrogens with zero attached hydrogens (tertiary/aromatic N) is 1. The standard InChI is InChI=1S/C15H24N2OS/c1-11-7-12(2)9-17(8-11)10-15(18)16-13(3)14-5-4-6-19-14/h4-6,11-13H,7-10H2,1-3H3,(H,16,18)/t11-,12-,13-/m1/s1. The first kappa shape index (κ1) is 14.5. The highest BCUT2D eigenvalue weighted by Gasteiger charge is 2.23. The lowest BCUT2D eigenvalue weighted by Gasteiger charge is -2.34. The molecule has 0 spiro atoms. The van der Waals surface area contributed by atoms with E-state index >= 15 is 0 Å². The summed E-state index contributed by atoms with van der Waals surface area (Å²) in [6.07, 6.45) is 1.28. The van der Waals surface area contributed by atoms with Crippen LogP contribution >= 0.6 is 11.3 Å². The maximum absolute atomic E-state index is 12.1. The Bertz CT molecular complexity index is 394. The minimum atomic E-state index is 0.118. The minimum Gasteiger partial charge on any atom is -0.348 e. The van der Waals surface area contributed by atoms with E-state index in [1.165, 1.54) is 11.3 Å². The summed E-state index contributed by atoms with van der Waals surface area (Å²) in [5, 5.41) is 5.14. The van der Waals surface area contributed by atoms with Gasteiger partial charge in [0.1, 0.15) is 0 Å². The number of thiophene rings is 1. The van der Waals surface area contributed by atoms with Crippen molar-refractivity contribution >= 4 is 17.2 Å². The molecule has 1 saturated heterocycles. The fraction of sp³-hybridized carbons (Fsp3) is 0.667. The number of carbonyl (C=O) groups excluding carboxylic acids is 1. The Labute approximate surface area is 120 Å². The molecule has 0 aliphatic carbocycles. The third-order valence-electron chi connectivity index (χ3n) is 3.66. The molecule has 1 aliphatic rings. The van der Waals surface area contributed by atoms with Gasteiger partial charge in [0.15, 0.2) is 0 Å². The van der Waals surface area contributed by atoms with E-state index in [4.69, 9.17) is 0 Å². The second-order valence-electron chi connectivity index (χ2n) is 5.94. The van der Waals surface area contributed by atoms with Crippen molar-refractivity contribution in [2.75, 3.05) is 19.6 Å².